The number of carbonyl (C=O) groups is 1. The van der Waals surface area contributed by atoms with Crippen LogP contribution in [0.4, 0.5) is 5.82 Å². The van der Waals surface area contributed by atoms with Crippen molar-refractivity contribution < 1.29 is 9.53 Å². The van der Waals surface area contributed by atoms with Crippen LogP contribution in [0.2, 0.25) is 5.15 Å². The molecule has 1 atom stereocenters. The third-order valence-electron chi connectivity index (χ3n) is 2.06. The SMILES string of the molecule is COC(=O)C(Nc1ccc(Cl)nn1)C(C)C. The van der Waals surface area contributed by atoms with E-state index in [0.29, 0.717) is 11.0 Å². The first-order valence-corrected chi connectivity index (χ1v) is 5.26. The standard InChI is InChI=1S/C10H14ClN3O2/c1-6(2)9(10(15)16-3)12-8-5-4-7(11)13-14-8/h4-6,9H,1-3H3,(H,12,14). The Morgan fingerprint density at radius 1 is 1.44 bits per heavy atom. The van der Waals surface area contributed by atoms with Gasteiger partial charge in [0.05, 0.1) is 7.11 Å². The summed E-state index contributed by atoms with van der Waals surface area (Å²) in [4.78, 5) is 11.5. The zero-order chi connectivity index (χ0) is 12.1. The van der Waals surface area contributed by atoms with Crippen LogP contribution in [0.3, 0.4) is 0 Å². The van der Waals surface area contributed by atoms with Crippen LogP contribution in [0.25, 0.3) is 0 Å². The topological polar surface area (TPSA) is 64.1 Å². The molecule has 0 fully saturated rings. The number of rotatable bonds is 4. The Hall–Kier alpha value is -1.36. The molecular formula is C10H14ClN3O2. The number of hydrogen-bond donors (Lipinski definition) is 1. The molecule has 0 aliphatic rings. The van der Waals surface area contributed by atoms with Gasteiger partial charge in [-0.05, 0) is 18.1 Å². The molecule has 0 bridgehead atoms. The number of aromatic nitrogens is 2. The first-order valence-electron chi connectivity index (χ1n) is 4.88. The summed E-state index contributed by atoms with van der Waals surface area (Å²) in [7, 11) is 1.35. The van der Waals surface area contributed by atoms with Gasteiger partial charge < -0.3 is 10.1 Å². The number of hydrogen-bond acceptors (Lipinski definition) is 5. The summed E-state index contributed by atoms with van der Waals surface area (Å²) in [6.45, 7) is 3.83. The molecule has 0 aromatic carbocycles. The van der Waals surface area contributed by atoms with Gasteiger partial charge in [0.2, 0.25) is 0 Å². The second-order valence-electron chi connectivity index (χ2n) is 3.63. The van der Waals surface area contributed by atoms with Crippen LogP contribution in [-0.4, -0.2) is 29.3 Å². The molecule has 0 spiro atoms. The predicted molar refractivity (Wildman–Crippen MR) is 61.3 cm³/mol. The Balaban J connectivity index is 2.75. The number of anilines is 1. The predicted octanol–water partition coefficient (Wildman–Crippen LogP) is 1.74. The maximum absolute atomic E-state index is 11.5. The highest BCUT2D eigenvalue weighted by atomic mass is 35.5. The number of nitrogens with one attached hydrogen (secondary N) is 1. The fourth-order valence-electron chi connectivity index (χ4n) is 1.18. The fourth-order valence-corrected chi connectivity index (χ4v) is 1.28. The van der Waals surface area contributed by atoms with Gasteiger partial charge in [-0.25, -0.2) is 4.79 Å². The molecule has 1 aromatic heterocycles. The molecule has 0 saturated carbocycles. The molecule has 1 unspecified atom stereocenters. The Morgan fingerprint density at radius 3 is 2.56 bits per heavy atom. The van der Waals surface area contributed by atoms with Gasteiger partial charge in [-0.15, -0.1) is 10.2 Å². The number of carbonyl (C=O) groups excluding carboxylic acids is 1. The Morgan fingerprint density at radius 2 is 2.12 bits per heavy atom. The van der Waals surface area contributed by atoms with E-state index in [1.165, 1.54) is 7.11 Å². The molecule has 5 nitrogen and oxygen atoms in total. The molecule has 6 heteroatoms. The molecule has 1 rings (SSSR count). The number of ether oxygens (including phenoxy) is 1. The van der Waals surface area contributed by atoms with Gasteiger partial charge in [0.25, 0.3) is 0 Å². The second kappa shape index (κ2) is 5.65. The average Bonchev–Trinajstić information content (AvgIpc) is 2.27. The molecule has 88 valence electrons. The summed E-state index contributed by atoms with van der Waals surface area (Å²) in [6.07, 6.45) is 0. The van der Waals surface area contributed by atoms with Crippen LogP contribution in [0.5, 0.6) is 0 Å². The highest BCUT2D eigenvalue weighted by molar-refractivity contribution is 6.29. The van der Waals surface area contributed by atoms with E-state index in [2.05, 4.69) is 15.5 Å². The lowest BCUT2D eigenvalue weighted by atomic mass is 10.0. The van der Waals surface area contributed by atoms with Crippen molar-refractivity contribution in [2.75, 3.05) is 12.4 Å². The van der Waals surface area contributed by atoms with Gasteiger partial charge in [-0.1, -0.05) is 25.4 Å². The van der Waals surface area contributed by atoms with Crippen molar-refractivity contribution in [1.29, 1.82) is 0 Å². The van der Waals surface area contributed by atoms with Crippen molar-refractivity contribution in [3.05, 3.63) is 17.3 Å². The minimum absolute atomic E-state index is 0.0879. The molecule has 1 heterocycles. The van der Waals surface area contributed by atoms with Gasteiger partial charge in [-0.2, -0.15) is 0 Å². The first-order chi connectivity index (χ1) is 7.54. The minimum atomic E-state index is -0.444. The Labute approximate surface area is 99.2 Å². The summed E-state index contributed by atoms with van der Waals surface area (Å²) in [5.74, 6) is 0.255. The van der Waals surface area contributed by atoms with Gasteiger partial charge in [0, 0.05) is 0 Å². The summed E-state index contributed by atoms with van der Waals surface area (Å²) in [5, 5.41) is 10.8. The van der Waals surface area contributed by atoms with Crippen LogP contribution in [0.1, 0.15) is 13.8 Å². The van der Waals surface area contributed by atoms with Crippen molar-refractivity contribution in [3.8, 4) is 0 Å². The van der Waals surface area contributed by atoms with Crippen LogP contribution < -0.4 is 5.32 Å². The van der Waals surface area contributed by atoms with E-state index in [0.717, 1.165) is 0 Å². The van der Waals surface area contributed by atoms with Crippen molar-refractivity contribution in [2.45, 2.75) is 19.9 Å². The van der Waals surface area contributed by atoms with Crippen molar-refractivity contribution in [2.24, 2.45) is 5.92 Å². The minimum Gasteiger partial charge on any atom is -0.467 e. The molecule has 1 aromatic rings. The number of methoxy groups -OCH3 is 1. The molecule has 0 aliphatic carbocycles. The lowest BCUT2D eigenvalue weighted by Crippen LogP contribution is -2.35. The van der Waals surface area contributed by atoms with E-state index < -0.39 is 6.04 Å². The maximum atomic E-state index is 11.5. The van der Waals surface area contributed by atoms with Gasteiger partial charge in [0.15, 0.2) is 5.15 Å². The summed E-state index contributed by atoms with van der Waals surface area (Å²) in [6, 6.07) is 2.82. The van der Waals surface area contributed by atoms with E-state index in [4.69, 9.17) is 16.3 Å². The highest BCUT2D eigenvalue weighted by Gasteiger charge is 2.23. The first kappa shape index (κ1) is 12.7. The monoisotopic (exact) mass is 243 g/mol. The van der Waals surface area contributed by atoms with E-state index in [1.54, 1.807) is 12.1 Å². The third kappa shape index (κ3) is 3.34. The van der Waals surface area contributed by atoms with E-state index in [1.807, 2.05) is 13.8 Å². The smallest absolute Gasteiger partial charge is 0.328 e. The zero-order valence-electron chi connectivity index (χ0n) is 9.40. The molecule has 1 N–H and O–H groups in total. The number of nitrogens with zero attached hydrogens (tertiary/aromatic N) is 2. The largest absolute Gasteiger partial charge is 0.467 e. The third-order valence-corrected chi connectivity index (χ3v) is 2.26. The fraction of sp³-hybridized carbons (Fsp3) is 0.500. The quantitative estimate of drug-likeness (QED) is 0.816. The lowest BCUT2D eigenvalue weighted by molar-refractivity contribution is -0.142. The Bertz CT molecular complexity index is 354. The van der Waals surface area contributed by atoms with E-state index >= 15 is 0 Å². The number of halogens is 1. The highest BCUT2D eigenvalue weighted by Crippen LogP contribution is 2.12. The normalized spacial score (nSPS) is 12.3. The van der Waals surface area contributed by atoms with Gasteiger partial charge >= 0.3 is 5.97 Å². The second-order valence-corrected chi connectivity index (χ2v) is 4.02. The van der Waals surface area contributed by atoms with E-state index in [-0.39, 0.29) is 11.9 Å². The molecule has 0 amide bonds. The molecule has 0 aliphatic heterocycles. The molecule has 16 heavy (non-hydrogen) atoms. The molecule has 0 saturated heterocycles. The summed E-state index contributed by atoms with van der Waals surface area (Å²) < 4.78 is 4.69. The van der Waals surface area contributed by atoms with Crippen molar-refractivity contribution in [3.63, 3.8) is 0 Å². The van der Waals surface area contributed by atoms with Crippen LogP contribution in [-0.2, 0) is 9.53 Å². The summed E-state index contributed by atoms with van der Waals surface area (Å²) >= 11 is 5.61. The average molecular weight is 244 g/mol. The van der Waals surface area contributed by atoms with Crippen molar-refractivity contribution >= 4 is 23.4 Å². The lowest BCUT2D eigenvalue weighted by Gasteiger charge is -2.19. The Kier molecular flexibility index (Phi) is 4.49. The number of esters is 1. The van der Waals surface area contributed by atoms with Crippen molar-refractivity contribution in [1.82, 2.24) is 10.2 Å². The van der Waals surface area contributed by atoms with E-state index in [9.17, 15) is 4.79 Å². The van der Waals surface area contributed by atoms with Crippen LogP contribution in [0, 0.1) is 5.92 Å². The molecule has 0 radical (unpaired) electrons. The summed E-state index contributed by atoms with van der Waals surface area (Å²) in [5.41, 5.74) is 0. The zero-order valence-corrected chi connectivity index (χ0v) is 10.2. The van der Waals surface area contributed by atoms with Gasteiger partial charge in [0.1, 0.15) is 11.9 Å². The maximum Gasteiger partial charge on any atom is 0.328 e. The van der Waals surface area contributed by atoms with Gasteiger partial charge in [-0.3, -0.25) is 0 Å². The van der Waals surface area contributed by atoms with Crippen LogP contribution in [0.15, 0.2) is 12.1 Å². The van der Waals surface area contributed by atoms with Crippen LogP contribution >= 0.6 is 11.6 Å². The molecular weight excluding hydrogens is 230 g/mol.